The fourth-order valence-electron chi connectivity index (χ4n) is 4.17. The van der Waals surface area contributed by atoms with Crippen molar-refractivity contribution >= 4 is 27.8 Å². The lowest BCUT2D eigenvalue weighted by Gasteiger charge is -2.33. The smallest absolute Gasteiger partial charge is 0.407 e. The summed E-state index contributed by atoms with van der Waals surface area (Å²) in [6.45, 7) is 8.35. The Hall–Kier alpha value is -2.40. The minimum atomic E-state index is -3.51. The molecule has 2 saturated heterocycles. The molecule has 3 rings (SSSR count). The second-order valence-electron chi connectivity index (χ2n) is 9.82. The normalized spacial score (nSPS) is 20.0. The van der Waals surface area contributed by atoms with Crippen LogP contribution < -0.4 is 15.5 Å². The van der Waals surface area contributed by atoms with Crippen LogP contribution in [0.25, 0.3) is 0 Å². The maximum atomic E-state index is 12.8. The lowest BCUT2D eigenvalue weighted by atomic mass is 9.97. The van der Waals surface area contributed by atoms with Crippen molar-refractivity contribution in [3.63, 3.8) is 0 Å². The first-order valence-electron chi connectivity index (χ1n) is 12.0. The van der Waals surface area contributed by atoms with Gasteiger partial charge in [0.05, 0.1) is 5.92 Å². The summed E-state index contributed by atoms with van der Waals surface area (Å²) < 4.78 is 32.4. The maximum absolute atomic E-state index is 12.8. The Bertz CT molecular complexity index is 939. The van der Waals surface area contributed by atoms with Gasteiger partial charge in [-0.25, -0.2) is 18.2 Å². The molecule has 0 radical (unpaired) electrons. The molecular formula is C23H37N5O5S. The zero-order chi connectivity index (χ0) is 24.8. The van der Waals surface area contributed by atoms with E-state index in [1.54, 1.807) is 32.9 Å². The first-order valence-corrected chi connectivity index (χ1v) is 13.5. The van der Waals surface area contributed by atoms with Gasteiger partial charge in [-0.05, 0) is 58.6 Å². The molecule has 0 saturated carbocycles. The van der Waals surface area contributed by atoms with Crippen molar-refractivity contribution < 1.29 is 22.7 Å². The van der Waals surface area contributed by atoms with E-state index >= 15 is 0 Å². The Morgan fingerprint density at radius 3 is 2.41 bits per heavy atom. The Kier molecular flexibility index (Phi) is 8.75. The third-order valence-corrected chi connectivity index (χ3v) is 7.76. The van der Waals surface area contributed by atoms with E-state index < -0.39 is 21.7 Å². The molecule has 190 valence electrons. The first-order chi connectivity index (χ1) is 16.1. The number of piperidine rings is 2. The van der Waals surface area contributed by atoms with E-state index in [-0.39, 0.29) is 23.3 Å². The zero-order valence-electron chi connectivity index (χ0n) is 20.4. The number of carbonyl (C=O) groups is 2. The monoisotopic (exact) mass is 495 g/mol. The van der Waals surface area contributed by atoms with Crippen molar-refractivity contribution in [2.24, 2.45) is 5.92 Å². The van der Waals surface area contributed by atoms with Gasteiger partial charge in [0.1, 0.15) is 16.3 Å². The Balaban J connectivity index is 1.49. The van der Waals surface area contributed by atoms with Gasteiger partial charge in [-0.2, -0.15) is 4.31 Å². The van der Waals surface area contributed by atoms with Gasteiger partial charge in [-0.1, -0.05) is 6.42 Å². The quantitative estimate of drug-likeness (QED) is 0.556. The number of rotatable bonds is 7. The van der Waals surface area contributed by atoms with Crippen molar-refractivity contribution in [1.82, 2.24) is 19.9 Å². The van der Waals surface area contributed by atoms with Gasteiger partial charge in [0.15, 0.2) is 0 Å². The van der Waals surface area contributed by atoms with Crippen molar-refractivity contribution in [2.45, 2.75) is 63.4 Å². The third kappa shape index (κ3) is 7.30. The number of alkyl carbamates (subject to hydrolysis) is 1. The van der Waals surface area contributed by atoms with Gasteiger partial charge in [0.2, 0.25) is 15.9 Å². The molecule has 0 bridgehead atoms. The molecule has 1 unspecified atom stereocenters. The number of nitrogens with one attached hydrogen (secondary N) is 2. The molecule has 1 atom stereocenters. The zero-order valence-corrected chi connectivity index (χ0v) is 21.2. The predicted molar refractivity (Wildman–Crippen MR) is 129 cm³/mol. The summed E-state index contributed by atoms with van der Waals surface area (Å²) >= 11 is 0. The number of sulfonamides is 1. The lowest BCUT2D eigenvalue weighted by Crippen LogP contribution is -2.45. The van der Waals surface area contributed by atoms with Crippen molar-refractivity contribution in [3.05, 3.63) is 18.3 Å². The van der Waals surface area contributed by atoms with Gasteiger partial charge in [0, 0.05) is 45.5 Å². The van der Waals surface area contributed by atoms with Gasteiger partial charge in [-0.15, -0.1) is 0 Å². The number of aromatic nitrogens is 1. The highest BCUT2D eigenvalue weighted by Crippen LogP contribution is 2.25. The molecule has 10 nitrogen and oxygen atoms in total. The second kappa shape index (κ2) is 11.4. The lowest BCUT2D eigenvalue weighted by molar-refractivity contribution is -0.125. The summed E-state index contributed by atoms with van der Waals surface area (Å²) in [6, 6.07) is 3.33. The van der Waals surface area contributed by atoms with Crippen LogP contribution >= 0.6 is 0 Å². The van der Waals surface area contributed by atoms with Crippen LogP contribution in [-0.4, -0.2) is 74.6 Å². The number of nitrogens with zero attached hydrogens (tertiary/aromatic N) is 3. The standard InChI is InChI=1S/C23H37N5O5S/c1-23(2,3)33-22(30)25-12-11-24-21(29)18-8-7-13-27(17-18)20-10-9-19(16-26-20)34(31,32)28-14-5-4-6-15-28/h9-10,16,18H,4-8,11-15,17H2,1-3H3,(H,24,29)(H,25,30). The number of carbonyl (C=O) groups excluding carboxylic acids is 2. The fraction of sp³-hybridized carbons (Fsp3) is 0.696. The van der Waals surface area contributed by atoms with Gasteiger partial charge in [-0.3, -0.25) is 4.79 Å². The average Bonchev–Trinajstić information content (AvgIpc) is 2.81. The molecule has 11 heteroatoms. The Morgan fingerprint density at radius 1 is 1.06 bits per heavy atom. The summed E-state index contributed by atoms with van der Waals surface area (Å²) in [5, 5.41) is 5.49. The van der Waals surface area contributed by atoms with Crippen LogP contribution in [0.5, 0.6) is 0 Å². The topological polar surface area (TPSA) is 121 Å². The number of amides is 2. The molecule has 2 aliphatic heterocycles. The maximum Gasteiger partial charge on any atom is 0.407 e. The van der Waals surface area contributed by atoms with E-state index in [1.165, 1.54) is 10.5 Å². The van der Waals surface area contributed by atoms with Gasteiger partial charge in [0.25, 0.3) is 0 Å². The van der Waals surface area contributed by atoms with Crippen LogP contribution in [0.3, 0.4) is 0 Å². The number of anilines is 1. The molecule has 2 amide bonds. The fourth-order valence-corrected chi connectivity index (χ4v) is 5.64. The summed E-state index contributed by atoms with van der Waals surface area (Å²) in [6.07, 6.45) is 5.35. The van der Waals surface area contributed by atoms with E-state index in [0.717, 1.165) is 38.6 Å². The van der Waals surface area contributed by atoms with Crippen molar-refractivity contribution in [3.8, 4) is 0 Å². The second-order valence-corrected chi connectivity index (χ2v) is 11.8. The van der Waals surface area contributed by atoms with Gasteiger partial charge < -0.3 is 20.3 Å². The molecule has 1 aromatic heterocycles. The molecular weight excluding hydrogens is 458 g/mol. The van der Waals surface area contributed by atoms with Crippen LogP contribution in [-0.2, 0) is 19.6 Å². The summed E-state index contributed by atoms with van der Waals surface area (Å²) in [4.78, 5) is 30.9. The molecule has 2 aliphatic rings. The van der Waals surface area contributed by atoms with Crippen molar-refractivity contribution in [2.75, 3.05) is 44.2 Å². The summed E-state index contributed by atoms with van der Waals surface area (Å²) in [5.74, 6) is 0.399. The minimum absolute atomic E-state index is 0.0695. The number of hydrogen-bond donors (Lipinski definition) is 2. The SMILES string of the molecule is CC(C)(C)OC(=O)NCCNC(=O)C1CCCN(c2ccc(S(=O)(=O)N3CCCCC3)cn2)C1. The highest BCUT2D eigenvalue weighted by Gasteiger charge is 2.28. The minimum Gasteiger partial charge on any atom is -0.444 e. The van der Waals surface area contributed by atoms with E-state index in [0.29, 0.717) is 32.0 Å². The molecule has 2 fully saturated rings. The summed E-state index contributed by atoms with van der Waals surface area (Å²) in [5.41, 5.74) is -0.567. The van der Waals surface area contributed by atoms with Crippen LogP contribution in [0, 0.1) is 5.92 Å². The van der Waals surface area contributed by atoms with Gasteiger partial charge >= 0.3 is 6.09 Å². The Morgan fingerprint density at radius 2 is 1.76 bits per heavy atom. The van der Waals surface area contributed by atoms with Crippen LogP contribution in [0.2, 0.25) is 0 Å². The number of pyridine rings is 1. The van der Waals surface area contributed by atoms with E-state index in [1.807, 2.05) is 4.90 Å². The first kappa shape index (κ1) is 26.2. The van der Waals surface area contributed by atoms with E-state index in [2.05, 4.69) is 15.6 Å². The largest absolute Gasteiger partial charge is 0.444 e. The molecule has 1 aromatic rings. The number of ether oxygens (including phenoxy) is 1. The highest BCUT2D eigenvalue weighted by atomic mass is 32.2. The summed E-state index contributed by atoms with van der Waals surface area (Å²) in [7, 11) is -3.51. The van der Waals surface area contributed by atoms with Crippen LogP contribution in [0.1, 0.15) is 52.9 Å². The van der Waals surface area contributed by atoms with Crippen molar-refractivity contribution in [1.29, 1.82) is 0 Å². The van der Waals surface area contributed by atoms with E-state index in [4.69, 9.17) is 4.74 Å². The predicted octanol–water partition coefficient (Wildman–Crippen LogP) is 2.11. The molecule has 3 heterocycles. The molecule has 0 aromatic carbocycles. The van der Waals surface area contributed by atoms with Crippen LogP contribution in [0.15, 0.2) is 23.2 Å². The Labute approximate surface area is 202 Å². The molecule has 34 heavy (non-hydrogen) atoms. The highest BCUT2D eigenvalue weighted by molar-refractivity contribution is 7.89. The third-order valence-electron chi connectivity index (χ3n) is 5.88. The molecule has 0 spiro atoms. The van der Waals surface area contributed by atoms with Crippen LogP contribution in [0.4, 0.5) is 10.6 Å². The number of hydrogen-bond acceptors (Lipinski definition) is 7. The molecule has 2 N–H and O–H groups in total. The van der Waals surface area contributed by atoms with E-state index in [9.17, 15) is 18.0 Å². The average molecular weight is 496 g/mol. The molecule has 0 aliphatic carbocycles.